The van der Waals surface area contributed by atoms with Crippen LogP contribution in [0.1, 0.15) is 5.56 Å². The molecule has 0 bridgehead atoms. The van der Waals surface area contributed by atoms with Crippen LogP contribution in [0.2, 0.25) is 0 Å². The summed E-state index contributed by atoms with van der Waals surface area (Å²) >= 11 is 3.09. The Morgan fingerprint density at radius 1 is 1.64 bits per heavy atom. The van der Waals surface area contributed by atoms with Crippen molar-refractivity contribution in [2.75, 3.05) is 7.11 Å². The summed E-state index contributed by atoms with van der Waals surface area (Å²) in [6.07, 6.45) is 0. The molecule has 0 aliphatic carbocycles. The quantitative estimate of drug-likeness (QED) is 0.730. The molecule has 0 heterocycles. The second kappa shape index (κ2) is 4.59. The summed E-state index contributed by atoms with van der Waals surface area (Å²) in [6.45, 7) is -0.107. The van der Waals surface area contributed by atoms with E-state index in [4.69, 9.17) is 9.94 Å². The van der Waals surface area contributed by atoms with Crippen LogP contribution < -0.4 is 10.2 Å². The van der Waals surface area contributed by atoms with Gasteiger partial charge >= 0.3 is 0 Å². The Kier molecular flexibility index (Phi) is 3.68. The molecule has 6 heteroatoms. The fourth-order valence-electron chi connectivity index (χ4n) is 1.02. The fraction of sp³-hybridized carbons (Fsp3) is 0.250. The smallest absolute Gasteiger partial charge is 0.194 e. The summed E-state index contributed by atoms with van der Waals surface area (Å²) in [7, 11) is 1.32. The Morgan fingerprint density at radius 3 is 2.79 bits per heavy atom. The highest BCUT2D eigenvalue weighted by molar-refractivity contribution is 9.10. The third-order valence-corrected chi connectivity index (χ3v) is 2.44. The van der Waals surface area contributed by atoms with E-state index in [1.807, 2.05) is 5.48 Å². The average molecular weight is 266 g/mol. The number of methoxy groups -OCH3 is 1. The highest BCUT2D eigenvalue weighted by Crippen LogP contribution is 2.35. The van der Waals surface area contributed by atoms with E-state index < -0.39 is 11.6 Å². The number of hydrogen-bond donors (Lipinski definition) is 3. The Balaban J connectivity index is 3.26. The third-order valence-electron chi connectivity index (χ3n) is 1.73. The molecule has 3 N–H and O–H groups in total. The van der Waals surface area contributed by atoms with Gasteiger partial charge < -0.3 is 15.1 Å². The van der Waals surface area contributed by atoms with Crippen LogP contribution >= 0.6 is 15.9 Å². The van der Waals surface area contributed by atoms with Gasteiger partial charge in [0.15, 0.2) is 17.3 Å². The zero-order valence-electron chi connectivity index (χ0n) is 7.34. The van der Waals surface area contributed by atoms with Crippen LogP contribution in [0.15, 0.2) is 10.5 Å². The van der Waals surface area contributed by atoms with E-state index in [9.17, 15) is 9.50 Å². The lowest BCUT2D eigenvalue weighted by Crippen LogP contribution is -2.09. The first-order valence-electron chi connectivity index (χ1n) is 3.72. The molecule has 0 saturated heterocycles. The molecule has 0 spiro atoms. The summed E-state index contributed by atoms with van der Waals surface area (Å²) in [5, 5.41) is 17.7. The van der Waals surface area contributed by atoms with Crippen molar-refractivity contribution in [3.8, 4) is 11.5 Å². The molecule has 0 atom stereocenters. The Bertz CT molecular complexity index is 346. The van der Waals surface area contributed by atoms with Gasteiger partial charge in [-0.3, -0.25) is 0 Å². The number of ether oxygens (including phenoxy) is 1. The number of aromatic hydroxyl groups is 1. The van der Waals surface area contributed by atoms with E-state index in [1.165, 1.54) is 13.2 Å². The van der Waals surface area contributed by atoms with E-state index in [-0.39, 0.29) is 17.9 Å². The second-order valence-corrected chi connectivity index (χ2v) is 3.39. The van der Waals surface area contributed by atoms with Crippen molar-refractivity contribution in [3.63, 3.8) is 0 Å². The largest absolute Gasteiger partial charge is 0.502 e. The first-order chi connectivity index (χ1) is 6.61. The number of hydrogen-bond acceptors (Lipinski definition) is 4. The summed E-state index contributed by atoms with van der Waals surface area (Å²) in [6, 6.07) is 1.42. The lowest BCUT2D eigenvalue weighted by atomic mass is 10.2. The van der Waals surface area contributed by atoms with E-state index in [0.29, 0.717) is 4.47 Å². The SMILES string of the molecule is COc1cc(Br)c(CNO)c(F)c1O. The standard InChI is InChI=1S/C8H9BrFNO3/c1-14-6-2-5(9)4(3-11-13)7(10)8(6)12/h2,11-13H,3H2,1H3. The minimum absolute atomic E-state index is 0.0380. The molecule has 0 aliphatic rings. The van der Waals surface area contributed by atoms with E-state index >= 15 is 0 Å². The lowest BCUT2D eigenvalue weighted by Gasteiger charge is -2.10. The van der Waals surface area contributed by atoms with Gasteiger partial charge in [0.2, 0.25) is 0 Å². The van der Waals surface area contributed by atoms with Crippen LogP contribution in [-0.4, -0.2) is 17.4 Å². The van der Waals surface area contributed by atoms with Gasteiger partial charge in [0.1, 0.15) is 0 Å². The van der Waals surface area contributed by atoms with Gasteiger partial charge in [-0.2, -0.15) is 0 Å². The van der Waals surface area contributed by atoms with Crippen molar-refractivity contribution in [3.05, 3.63) is 21.9 Å². The summed E-state index contributed by atoms with van der Waals surface area (Å²) in [5.41, 5.74) is 1.94. The van der Waals surface area contributed by atoms with Gasteiger partial charge in [0, 0.05) is 16.6 Å². The molecular weight excluding hydrogens is 257 g/mol. The third kappa shape index (κ3) is 1.97. The van der Waals surface area contributed by atoms with Crippen LogP contribution in [0, 0.1) is 5.82 Å². The van der Waals surface area contributed by atoms with Crippen molar-refractivity contribution >= 4 is 15.9 Å². The van der Waals surface area contributed by atoms with Crippen molar-refractivity contribution in [1.82, 2.24) is 5.48 Å². The molecule has 1 aromatic rings. The average Bonchev–Trinajstić information content (AvgIpc) is 2.18. The number of benzene rings is 1. The van der Waals surface area contributed by atoms with Crippen LogP contribution in [0.5, 0.6) is 11.5 Å². The lowest BCUT2D eigenvalue weighted by molar-refractivity contribution is 0.159. The molecule has 4 nitrogen and oxygen atoms in total. The maximum atomic E-state index is 13.4. The summed E-state index contributed by atoms with van der Waals surface area (Å²) < 4.78 is 18.5. The highest BCUT2D eigenvalue weighted by atomic mass is 79.9. The maximum absolute atomic E-state index is 13.4. The molecule has 0 saturated carbocycles. The Labute approximate surface area is 88.4 Å². The van der Waals surface area contributed by atoms with Crippen molar-refractivity contribution in [2.24, 2.45) is 0 Å². The molecule has 1 aromatic carbocycles. The van der Waals surface area contributed by atoms with Gasteiger partial charge in [-0.25, -0.2) is 9.87 Å². The number of hydroxylamine groups is 1. The number of phenols is 1. The first kappa shape index (κ1) is 11.2. The van der Waals surface area contributed by atoms with Crippen molar-refractivity contribution < 1.29 is 19.4 Å². The zero-order valence-corrected chi connectivity index (χ0v) is 8.93. The molecule has 0 aromatic heterocycles. The normalized spacial score (nSPS) is 10.3. The van der Waals surface area contributed by atoms with Crippen LogP contribution in [0.25, 0.3) is 0 Å². The molecule has 1 rings (SSSR count). The summed E-state index contributed by atoms with van der Waals surface area (Å²) in [4.78, 5) is 0. The van der Waals surface area contributed by atoms with Gasteiger partial charge in [-0.1, -0.05) is 15.9 Å². The van der Waals surface area contributed by atoms with E-state index in [0.717, 1.165) is 0 Å². The fourth-order valence-corrected chi connectivity index (χ4v) is 1.55. The second-order valence-electron chi connectivity index (χ2n) is 2.54. The molecule has 0 amide bonds. The molecule has 0 fully saturated rings. The maximum Gasteiger partial charge on any atom is 0.194 e. The molecular formula is C8H9BrFNO3. The molecule has 78 valence electrons. The number of phenolic OH excluding ortho intramolecular Hbond substituents is 1. The topological polar surface area (TPSA) is 61.7 Å². The van der Waals surface area contributed by atoms with Gasteiger partial charge in [-0.05, 0) is 6.07 Å². The number of nitrogens with one attached hydrogen (secondary N) is 1. The number of halogens is 2. The molecule has 14 heavy (non-hydrogen) atoms. The monoisotopic (exact) mass is 265 g/mol. The van der Waals surface area contributed by atoms with Crippen LogP contribution in [-0.2, 0) is 6.54 Å². The number of rotatable bonds is 3. The minimum atomic E-state index is -0.822. The van der Waals surface area contributed by atoms with E-state index in [1.54, 1.807) is 0 Å². The first-order valence-corrected chi connectivity index (χ1v) is 4.52. The van der Waals surface area contributed by atoms with Gasteiger partial charge in [-0.15, -0.1) is 0 Å². The Hall–Kier alpha value is -0.850. The predicted molar refractivity (Wildman–Crippen MR) is 50.9 cm³/mol. The van der Waals surface area contributed by atoms with E-state index in [2.05, 4.69) is 15.9 Å². The highest BCUT2D eigenvalue weighted by Gasteiger charge is 2.16. The summed E-state index contributed by atoms with van der Waals surface area (Å²) in [5.74, 6) is -1.35. The minimum Gasteiger partial charge on any atom is -0.502 e. The van der Waals surface area contributed by atoms with Crippen molar-refractivity contribution in [1.29, 1.82) is 0 Å². The zero-order chi connectivity index (χ0) is 10.7. The molecule has 0 aliphatic heterocycles. The molecule has 0 unspecified atom stereocenters. The molecule has 0 radical (unpaired) electrons. The predicted octanol–water partition coefficient (Wildman–Crippen LogP) is 1.78. The van der Waals surface area contributed by atoms with Crippen molar-refractivity contribution in [2.45, 2.75) is 6.54 Å². The van der Waals surface area contributed by atoms with Crippen LogP contribution in [0.3, 0.4) is 0 Å². The van der Waals surface area contributed by atoms with Gasteiger partial charge in [0.25, 0.3) is 0 Å². The Morgan fingerprint density at radius 2 is 2.29 bits per heavy atom. The van der Waals surface area contributed by atoms with Gasteiger partial charge in [0.05, 0.1) is 7.11 Å². The van der Waals surface area contributed by atoms with Crippen LogP contribution in [0.4, 0.5) is 4.39 Å².